The van der Waals surface area contributed by atoms with Gasteiger partial charge in [0.2, 0.25) is 0 Å². The summed E-state index contributed by atoms with van der Waals surface area (Å²) in [6, 6.07) is 0. The van der Waals surface area contributed by atoms with E-state index in [4.69, 9.17) is 0 Å². The number of hydrogen-bond donors (Lipinski definition) is 0. The average Bonchev–Trinajstić information content (AvgIpc) is 2.94. The summed E-state index contributed by atoms with van der Waals surface area (Å²) in [5, 5.41) is -1.43. The average molecular weight is 676 g/mol. The van der Waals surface area contributed by atoms with Gasteiger partial charge in [-0.15, -0.1) is 0 Å². The van der Waals surface area contributed by atoms with Crippen LogP contribution in [0.15, 0.2) is 0 Å². The first-order chi connectivity index (χ1) is 20.3. The monoisotopic (exact) mass is 675 g/mol. The first-order valence-corrected chi connectivity index (χ1v) is 25.8. The van der Waals surface area contributed by atoms with E-state index in [1.165, 1.54) is 231 Å². The van der Waals surface area contributed by atoms with E-state index in [2.05, 4.69) is 42.4 Å². The first-order valence-electron chi connectivity index (χ1n) is 20.0. The SMILES string of the molecule is CCCCCCCCCCCCCCCCCCCCCCCCCCCCCCCCCCCCCP(C)(C)(C)Br. The van der Waals surface area contributed by atoms with Crippen molar-refractivity contribution in [3.8, 4) is 0 Å². The third-order valence-corrected chi connectivity index (χ3v) is 12.4. The number of rotatable bonds is 36. The third kappa shape index (κ3) is 40.9. The Morgan fingerprint density at radius 2 is 0.405 bits per heavy atom. The van der Waals surface area contributed by atoms with Gasteiger partial charge in [-0.05, 0) is 0 Å². The Kier molecular flexibility index (Phi) is 32.6. The summed E-state index contributed by atoms with van der Waals surface area (Å²) in [6.07, 6.45) is 53.2. The molecule has 0 bridgehead atoms. The molecule has 0 saturated carbocycles. The molecule has 0 N–H and O–H groups in total. The van der Waals surface area contributed by atoms with Crippen molar-refractivity contribution in [3.05, 3.63) is 0 Å². The number of hydrogen-bond acceptors (Lipinski definition) is 0. The van der Waals surface area contributed by atoms with Gasteiger partial charge in [0.05, 0.1) is 0 Å². The molecule has 0 aliphatic rings. The molecule has 0 aromatic carbocycles. The summed E-state index contributed by atoms with van der Waals surface area (Å²) in [4.78, 5) is 0. The van der Waals surface area contributed by atoms with Crippen LogP contribution in [0, 0.1) is 0 Å². The first kappa shape index (κ1) is 42.9. The Balaban J connectivity index is 3.07. The molecule has 2 heteroatoms. The maximum absolute atomic E-state index is 3.99. The van der Waals surface area contributed by atoms with Crippen molar-refractivity contribution in [1.29, 1.82) is 0 Å². The summed E-state index contributed by atoms with van der Waals surface area (Å²) >= 11 is 3.99. The molecule has 42 heavy (non-hydrogen) atoms. The quantitative estimate of drug-likeness (QED) is 0.0458. The van der Waals surface area contributed by atoms with Gasteiger partial charge in [-0.2, -0.15) is 0 Å². The Bertz CT molecular complexity index is 498. The van der Waals surface area contributed by atoms with Gasteiger partial charge in [0.1, 0.15) is 0 Å². The fourth-order valence-electron chi connectivity index (χ4n) is 6.55. The van der Waals surface area contributed by atoms with Crippen molar-refractivity contribution in [3.63, 3.8) is 0 Å². The van der Waals surface area contributed by atoms with Gasteiger partial charge >= 0.3 is 118 Å². The molecule has 0 heterocycles. The standard InChI is InChI=1S/C40H84BrP/c1-5-6-7-8-9-10-11-12-13-14-15-16-17-18-19-20-21-22-23-24-25-26-27-28-29-30-31-32-33-34-35-36-37-38-39-40-42(2,3,4)41/h5-40H2,1-4H3. The third-order valence-electron chi connectivity index (χ3n) is 9.52. The predicted molar refractivity (Wildman–Crippen MR) is 206 cm³/mol. The number of halogens is 1. The molecular formula is C40H84BrP. The molecule has 0 saturated heterocycles. The van der Waals surface area contributed by atoms with E-state index in [1.807, 2.05) is 0 Å². The Labute approximate surface area is 277 Å². The maximum atomic E-state index is 3.99. The van der Waals surface area contributed by atoms with Gasteiger partial charge in [-0.25, -0.2) is 0 Å². The molecule has 0 radical (unpaired) electrons. The van der Waals surface area contributed by atoms with Gasteiger partial charge in [-0.3, -0.25) is 0 Å². The second kappa shape index (κ2) is 31.9. The van der Waals surface area contributed by atoms with Crippen LogP contribution in [0.5, 0.6) is 0 Å². The minimum atomic E-state index is -1.43. The molecule has 256 valence electrons. The molecular weight excluding hydrogens is 591 g/mol. The zero-order valence-corrected chi connectivity index (χ0v) is 32.8. The van der Waals surface area contributed by atoms with Gasteiger partial charge in [0.25, 0.3) is 0 Å². The van der Waals surface area contributed by atoms with Crippen molar-refractivity contribution < 1.29 is 0 Å². The molecule has 0 aliphatic carbocycles. The second-order valence-electron chi connectivity index (χ2n) is 15.7. The Hall–Kier alpha value is 0.910. The van der Waals surface area contributed by atoms with Crippen molar-refractivity contribution in [2.75, 3.05) is 26.2 Å². The topological polar surface area (TPSA) is 0 Å². The molecule has 0 aromatic rings. The van der Waals surface area contributed by atoms with Crippen LogP contribution in [-0.2, 0) is 0 Å². The Morgan fingerprint density at radius 1 is 0.262 bits per heavy atom. The van der Waals surface area contributed by atoms with E-state index in [1.54, 1.807) is 0 Å². The molecule has 0 rings (SSSR count). The fourth-order valence-corrected chi connectivity index (χ4v) is 8.60. The summed E-state index contributed by atoms with van der Waals surface area (Å²) in [5.74, 6) is 0. The van der Waals surface area contributed by atoms with Crippen LogP contribution in [0.4, 0.5) is 0 Å². The summed E-state index contributed by atoms with van der Waals surface area (Å²) in [5.41, 5.74) is 0. The van der Waals surface area contributed by atoms with E-state index in [0.29, 0.717) is 0 Å². The normalized spacial score (nSPS) is 13.0. The molecule has 0 fully saturated rings. The van der Waals surface area contributed by atoms with Crippen molar-refractivity contribution in [2.45, 2.75) is 232 Å². The summed E-state index contributed by atoms with van der Waals surface area (Å²) in [6.45, 7) is 9.63. The van der Waals surface area contributed by atoms with Crippen LogP contribution in [-0.4, -0.2) is 26.2 Å². The van der Waals surface area contributed by atoms with Crippen LogP contribution >= 0.6 is 20.8 Å². The number of unbranched alkanes of at least 4 members (excludes halogenated alkanes) is 34. The van der Waals surface area contributed by atoms with Crippen molar-refractivity contribution in [2.24, 2.45) is 0 Å². The van der Waals surface area contributed by atoms with Gasteiger partial charge in [-0.1, -0.05) is 161 Å². The molecule has 0 amide bonds. The molecule has 0 unspecified atom stereocenters. The zero-order valence-electron chi connectivity index (χ0n) is 30.3. The van der Waals surface area contributed by atoms with Crippen molar-refractivity contribution >= 4 is 20.8 Å². The van der Waals surface area contributed by atoms with E-state index in [-0.39, 0.29) is 0 Å². The van der Waals surface area contributed by atoms with E-state index in [0.717, 1.165) is 0 Å². The van der Waals surface area contributed by atoms with E-state index >= 15 is 0 Å². The second-order valence-corrected chi connectivity index (χ2v) is 29.8. The van der Waals surface area contributed by atoms with Gasteiger partial charge < -0.3 is 0 Å². The van der Waals surface area contributed by atoms with Gasteiger partial charge in [0.15, 0.2) is 0 Å². The van der Waals surface area contributed by atoms with Gasteiger partial charge in [0, 0.05) is 0 Å². The molecule has 0 spiro atoms. The minimum absolute atomic E-state index is 1.37. The summed E-state index contributed by atoms with van der Waals surface area (Å²) in [7, 11) is 0. The van der Waals surface area contributed by atoms with E-state index in [9.17, 15) is 0 Å². The zero-order chi connectivity index (χ0) is 30.9. The van der Waals surface area contributed by atoms with Crippen molar-refractivity contribution in [1.82, 2.24) is 0 Å². The summed E-state index contributed by atoms with van der Waals surface area (Å²) < 4.78 is 0. The van der Waals surface area contributed by atoms with Crippen LogP contribution in [0.1, 0.15) is 232 Å². The van der Waals surface area contributed by atoms with Crippen LogP contribution < -0.4 is 0 Å². The molecule has 0 aromatic heterocycles. The Morgan fingerprint density at radius 3 is 0.548 bits per heavy atom. The predicted octanol–water partition coefficient (Wildman–Crippen LogP) is 16.4. The van der Waals surface area contributed by atoms with E-state index < -0.39 is 5.31 Å². The van der Waals surface area contributed by atoms with Crippen LogP contribution in [0.3, 0.4) is 0 Å². The fraction of sp³-hybridized carbons (Fsp3) is 1.00. The van der Waals surface area contributed by atoms with Crippen LogP contribution in [0.2, 0.25) is 0 Å². The molecule has 0 aliphatic heterocycles. The molecule has 0 atom stereocenters. The van der Waals surface area contributed by atoms with Crippen LogP contribution in [0.25, 0.3) is 0 Å². The molecule has 0 nitrogen and oxygen atoms in total.